The van der Waals surface area contributed by atoms with Crippen molar-refractivity contribution in [2.24, 2.45) is 0 Å². The Morgan fingerprint density at radius 1 is 1.00 bits per heavy atom. The molecule has 2 aromatic carbocycles. The highest BCUT2D eigenvalue weighted by Gasteiger charge is 2.30. The first kappa shape index (κ1) is 18.3. The number of carbonyl (C=O) groups is 4. The number of amides is 3. The molecule has 7 heteroatoms. The van der Waals surface area contributed by atoms with Crippen molar-refractivity contribution in [1.29, 1.82) is 0 Å². The van der Waals surface area contributed by atoms with E-state index in [-0.39, 0.29) is 30.6 Å². The fourth-order valence-corrected chi connectivity index (χ4v) is 2.89. The summed E-state index contributed by atoms with van der Waals surface area (Å²) in [6.07, 6.45) is 0.363. The number of imide groups is 1. The minimum Gasteiger partial charge on any atom is -0.465 e. The van der Waals surface area contributed by atoms with E-state index in [0.717, 1.165) is 4.90 Å². The Morgan fingerprint density at radius 2 is 1.70 bits per heavy atom. The molecule has 138 valence electrons. The van der Waals surface area contributed by atoms with Crippen LogP contribution in [0.15, 0.2) is 42.5 Å². The maximum atomic E-state index is 12.6. The van der Waals surface area contributed by atoms with Gasteiger partial charge in [-0.2, -0.15) is 0 Å². The van der Waals surface area contributed by atoms with Crippen molar-refractivity contribution in [2.45, 2.75) is 19.8 Å². The Balaban J connectivity index is 1.81. The molecule has 0 bridgehead atoms. The average molecular weight is 366 g/mol. The van der Waals surface area contributed by atoms with Crippen LogP contribution < -0.4 is 10.2 Å². The van der Waals surface area contributed by atoms with Gasteiger partial charge < -0.3 is 10.1 Å². The Morgan fingerprint density at radius 3 is 2.33 bits per heavy atom. The third-order valence-electron chi connectivity index (χ3n) is 4.31. The van der Waals surface area contributed by atoms with Crippen molar-refractivity contribution in [3.05, 3.63) is 59.2 Å². The van der Waals surface area contributed by atoms with Gasteiger partial charge in [-0.1, -0.05) is 6.07 Å². The van der Waals surface area contributed by atoms with E-state index in [0.29, 0.717) is 28.1 Å². The van der Waals surface area contributed by atoms with Gasteiger partial charge in [-0.25, -0.2) is 4.79 Å². The topological polar surface area (TPSA) is 92.8 Å². The van der Waals surface area contributed by atoms with Gasteiger partial charge in [0, 0.05) is 24.1 Å². The molecule has 7 nitrogen and oxygen atoms in total. The quantitative estimate of drug-likeness (QED) is 0.663. The molecular formula is C20H18N2O5. The van der Waals surface area contributed by atoms with E-state index < -0.39 is 5.97 Å². The van der Waals surface area contributed by atoms with E-state index in [1.807, 2.05) is 0 Å². The van der Waals surface area contributed by atoms with Crippen molar-refractivity contribution in [3.8, 4) is 0 Å². The van der Waals surface area contributed by atoms with E-state index in [2.05, 4.69) is 10.1 Å². The third-order valence-corrected chi connectivity index (χ3v) is 4.31. The highest BCUT2D eigenvalue weighted by Crippen LogP contribution is 2.24. The van der Waals surface area contributed by atoms with Crippen LogP contribution in [0.1, 0.15) is 39.1 Å². The molecule has 1 saturated heterocycles. The summed E-state index contributed by atoms with van der Waals surface area (Å²) < 4.78 is 4.67. The Kier molecular flexibility index (Phi) is 5.03. The number of aryl methyl sites for hydroxylation is 1. The second kappa shape index (κ2) is 7.41. The van der Waals surface area contributed by atoms with Gasteiger partial charge in [0.2, 0.25) is 11.8 Å². The lowest BCUT2D eigenvalue weighted by atomic mass is 10.1. The Hall–Kier alpha value is -3.48. The zero-order chi connectivity index (χ0) is 19.6. The molecule has 0 aliphatic carbocycles. The maximum Gasteiger partial charge on any atom is 0.337 e. The monoisotopic (exact) mass is 366 g/mol. The van der Waals surface area contributed by atoms with Crippen molar-refractivity contribution >= 4 is 35.1 Å². The smallest absolute Gasteiger partial charge is 0.337 e. The fourth-order valence-electron chi connectivity index (χ4n) is 2.89. The van der Waals surface area contributed by atoms with Crippen molar-refractivity contribution in [3.63, 3.8) is 0 Å². The number of hydrogen-bond donors (Lipinski definition) is 1. The first-order valence-corrected chi connectivity index (χ1v) is 8.37. The number of anilines is 2. The van der Waals surface area contributed by atoms with Crippen LogP contribution in [0.25, 0.3) is 0 Å². The van der Waals surface area contributed by atoms with Crippen LogP contribution in [0.3, 0.4) is 0 Å². The van der Waals surface area contributed by atoms with E-state index in [4.69, 9.17) is 0 Å². The summed E-state index contributed by atoms with van der Waals surface area (Å²) in [5.41, 5.74) is 2.34. The van der Waals surface area contributed by atoms with Crippen molar-refractivity contribution in [2.75, 3.05) is 17.3 Å². The standard InChI is InChI=1S/C20H18N2O5/c1-12-10-14(20(26)27-2)6-7-16(12)21-19(25)13-4-3-5-15(11-13)22-17(23)8-9-18(22)24/h3-7,10-11H,8-9H2,1-2H3,(H,21,25). The largest absolute Gasteiger partial charge is 0.465 e. The highest BCUT2D eigenvalue weighted by atomic mass is 16.5. The average Bonchev–Trinajstić information content (AvgIpc) is 3.01. The molecule has 1 N–H and O–H groups in total. The lowest BCUT2D eigenvalue weighted by Crippen LogP contribution is -2.28. The zero-order valence-electron chi connectivity index (χ0n) is 14.9. The Labute approximate surface area is 155 Å². The molecule has 1 aliphatic heterocycles. The lowest BCUT2D eigenvalue weighted by molar-refractivity contribution is -0.121. The van der Waals surface area contributed by atoms with Gasteiger partial charge in [0.15, 0.2) is 0 Å². The number of benzene rings is 2. The van der Waals surface area contributed by atoms with Crippen molar-refractivity contribution < 1.29 is 23.9 Å². The second-order valence-electron chi connectivity index (χ2n) is 6.15. The Bertz CT molecular complexity index is 935. The molecule has 2 aromatic rings. The summed E-state index contributed by atoms with van der Waals surface area (Å²) in [7, 11) is 1.30. The fraction of sp³-hybridized carbons (Fsp3) is 0.200. The molecule has 0 radical (unpaired) electrons. The molecule has 1 fully saturated rings. The van der Waals surface area contributed by atoms with Crippen LogP contribution >= 0.6 is 0 Å². The van der Waals surface area contributed by atoms with Crippen LogP contribution in [0.2, 0.25) is 0 Å². The normalized spacial score (nSPS) is 13.6. The number of rotatable bonds is 4. The summed E-state index contributed by atoms with van der Waals surface area (Å²) in [6, 6.07) is 11.2. The molecule has 0 unspecified atom stereocenters. The van der Waals surface area contributed by atoms with Gasteiger partial charge in [0.05, 0.1) is 18.4 Å². The summed E-state index contributed by atoms with van der Waals surface area (Å²) in [4.78, 5) is 49.0. The summed E-state index contributed by atoms with van der Waals surface area (Å²) in [6.45, 7) is 1.76. The minimum absolute atomic E-state index is 0.182. The van der Waals surface area contributed by atoms with Gasteiger partial charge in [0.1, 0.15) is 0 Å². The molecule has 27 heavy (non-hydrogen) atoms. The molecule has 1 aliphatic rings. The molecule has 1 heterocycles. The van der Waals surface area contributed by atoms with Gasteiger partial charge in [-0.3, -0.25) is 19.3 Å². The molecular weight excluding hydrogens is 348 g/mol. The first-order valence-electron chi connectivity index (χ1n) is 8.37. The number of esters is 1. The van der Waals surface area contributed by atoms with Crippen molar-refractivity contribution in [1.82, 2.24) is 0 Å². The number of nitrogens with one attached hydrogen (secondary N) is 1. The summed E-state index contributed by atoms with van der Waals surface area (Å²) >= 11 is 0. The molecule has 0 atom stereocenters. The zero-order valence-corrected chi connectivity index (χ0v) is 14.9. The predicted molar refractivity (Wildman–Crippen MR) is 98.6 cm³/mol. The van der Waals surface area contributed by atoms with Gasteiger partial charge in [-0.05, 0) is 48.9 Å². The van der Waals surface area contributed by atoms with E-state index in [1.54, 1.807) is 43.3 Å². The molecule has 0 saturated carbocycles. The van der Waals surface area contributed by atoms with Crippen LogP contribution in [0.5, 0.6) is 0 Å². The van der Waals surface area contributed by atoms with Gasteiger partial charge in [-0.15, -0.1) is 0 Å². The van der Waals surface area contributed by atoms with E-state index >= 15 is 0 Å². The lowest BCUT2D eigenvalue weighted by Gasteiger charge is -2.15. The number of ether oxygens (including phenoxy) is 1. The van der Waals surface area contributed by atoms with Gasteiger partial charge in [0.25, 0.3) is 5.91 Å². The molecule has 0 aromatic heterocycles. The summed E-state index contributed by atoms with van der Waals surface area (Å²) in [5.74, 6) is -1.38. The van der Waals surface area contributed by atoms with Gasteiger partial charge >= 0.3 is 5.97 Å². The molecule has 3 amide bonds. The predicted octanol–water partition coefficient (Wildman–Crippen LogP) is 2.69. The second-order valence-corrected chi connectivity index (χ2v) is 6.15. The summed E-state index contributed by atoms with van der Waals surface area (Å²) in [5, 5.41) is 2.77. The minimum atomic E-state index is -0.455. The van der Waals surface area contributed by atoms with Crippen LogP contribution in [0, 0.1) is 6.92 Å². The number of nitrogens with zero attached hydrogens (tertiary/aromatic N) is 1. The van der Waals surface area contributed by atoms with Crippen LogP contribution in [-0.4, -0.2) is 30.8 Å². The molecule has 0 spiro atoms. The van der Waals surface area contributed by atoms with Crippen LogP contribution in [-0.2, 0) is 14.3 Å². The number of hydrogen-bond acceptors (Lipinski definition) is 5. The SMILES string of the molecule is COC(=O)c1ccc(NC(=O)c2cccc(N3C(=O)CCC3=O)c2)c(C)c1. The molecule has 3 rings (SSSR count). The number of carbonyl (C=O) groups excluding carboxylic acids is 4. The number of methoxy groups -OCH3 is 1. The van der Waals surface area contributed by atoms with E-state index in [9.17, 15) is 19.2 Å². The highest BCUT2D eigenvalue weighted by molar-refractivity contribution is 6.20. The van der Waals surface area contributed by atoms with Crippen LogP contribution in [0.4, 0.5) is 11.4 Å². The maximum absolute atomic E-state index is 12.6. The van der Waals surface area contributed by atoms with E-state index in [1.165, 1.54) is 13.2 Å². The first-order chi connectivity index (χ1) is 12.9. The third kappa shape index (κ3) is 3.72.